The topological polar surface area (TPSA) is 119 Å². The van der Waals surface area contributed by atoms with Crippen LogP contribution >= 0.6 is 0 Å². The average molecular weight is 501 g/mol. The molecule has 1 fully saturated rings. The molecular weight excluding hydrogens is 468 g/mol. The maximum atomic E-state index is 12.0. The molecule has 1 atom stereocenters. The Kier molecular flexibility index (Phi) is 7.27. The average Bonchev–Trinajstić information content (AvgIpc) is 3.39. The van der Waals surface area contributed by atoms with Crippen molar-refractivity contribution >= 4 is 22.8 Å². The number of methoxy groups -OCH3 is 1. The lowest BCUT2D eigenvalue weighted by atomic mass is 9.98. The standard InChI is InChI=1S/C27H32N8O2/c1-17(22-5-4-18(27(36)28-2)11-24(22)37-3)13-30-25-12-23(32-16-33-25)19-10-20-15-34-35(26(20)31-14-19)21-6-8-29-9-7-21/h4-5,10-12,14-17,21,29H,6-9,13H2,1-3H3,(H,28,36)(H,30,32,33)/t17-/m1/s1. The van der Waals surface area contributed by atoms with Crippen LogP contribution in [-0.4, -0.2) is 64.4 Å². The zero-order valence-corrected chi connectivity index (χ0v) is 21.4. The predicted molar refractivity (Wildman–Crippen MR) is 143 cm³/mol. The van der Waals surface area contributed by atoms with E-state index in [1.165, 1.54) is 0 Å². The Balaban J connectivity index is 1.30. The maximum absolute atomic E-state index is 12.0. The van der Waals surface area contributed by atoms with Gasteiger partial charge in [0.05, 0.1) is 25.0 Å². The van der Waals surface area contributed by atoms with E-state index in [1.807, 2.05) is 30.6 Å². The van der Waals surface area contributed by atoms with Crippen LogP contribution in [0.25, 0.3) is 22.3 Å². The van der Waals surface area contributed by atoms with E-state index in [0.717, 1.165) is 59.6 Å². The van der Waals surface area contributed by atoms with Crippen LogP contribution in [-0.2, 0) is 0 Å². The Labute approximate surface area is 215 Å². The van der Waals surface area contributed by atoms with Crippen LogP contribution < -0.4 is 20.7 Å². The molecule has 10 nitrogen and oxygen atoms in total. The molecule has 0 unspecified atom stereocenters. The fraction of sp³-hybridized carbons (Fsp3) is 0.370. The number of fused-ring (bicyclic) bond motifs is 1. The Hall–Kier alpha value is -4.05. The molecular formula is C27H32N8O2. The first-order valence-corrected chi connectivity index (χ1v) is 12.6. The summed E-state index contributed by atoms with van der Waals surface area (Å²) in [6.45, 7) is 4.75. The minimum absolute atomic E-state index is 0.117. The molecule has 4 aromatic rings. The SMILES string of the molecule is CNC(=O)c1ccc([C@H](C)CNc2cc(-c3cnc4c(cnn4C4CCNCC4)c3)ncn2)c(OC)c1. The number of nitrogens with zero attached hydrogens (tertiary/aromatic N) is 5. The van der Waals surface area contributed by atoms with Gasteiger partial charge in [0.1, 0.15) is 17.9 Å². The second kappa shape index (κ2) is 10.9. The smallest absolute Gasteiger partial charge is 0.251 e. The summed E-state index contributed by atoms with van der Waals surface area (Å²) >= 11 is 0. The molecule has 192 valence electrons. The van der Waals surface area contributed by atoms with E-state index in [9.17, 15) is 4.79 Å². The summed E-state index contributed by atoms with van der Waals surface area (Å²) in [4.78, 5) is 25.6. The summed E-state index contributed by atoms with van der Waals surface area (Å²) in [5, 5.41) is 15.1. The van der Waals surface area contributed by atoms with Gasteiger partial charge in [-0.3, -0.25) is 4.79 Å². The number of rotatable bonds is 8. The van der Waals surface area contributed by atoms with Crippen molar-refractivity contribution in [1.82, 2.24) is 35.4 Å². The molecule has 1 saturated heterocycles. The van der Waals surface area contributed by atoms with Gasteiger partial charge in [-0.15, -0.1) is 0 Å². The third-order valence-corrected chi connectivity index (χ3v) is 6.89. The fourth-order valence-corrected chi connectivity index (χ4v) is 4.78. The molecule has 5 rings (SSSR count). The monoisotopic (exact) mass is 500 g/mol. The van der Waals surface area contributed by atoms with Crippen LogP contribution in [0.5, 0.6) is 5.75 Å². The molecule has 1 aromatic carbocycles. The van der Waals surface area contributed by atoms with Crippen molar-refractivity contribution < 1.29 is 9.53 Å². The molecule has 4 heterocycles. The number of hydrogen-bond donors (Lipinski definition) is 3. The number of benzene rings is 1. The van der Waals surface area contributed by atoms with Gasteiger partial charge in [0.2, 0.25) is 0 Å². The zero-order chi connectivity index (χ0) is 25.8. The lowest BCUT2D eigenvalue weighted by molar-refractivity contribution is 0.0962. The fourth-order valence-electron chi connectivity index (χ4n) is 4.78. The first-order valence-electron chi connectivity index (χ1n) is 12.6. The highest BCUT2D eigenvalue weighted by molar-refractivity contribution is 5.94. The molecule has 0 saturated carbocycles. The molecule has 1 amide bonds. The number of anilines is 1. The molecule has 3 N–H and O–H groups in total. The summed E-state index contributed by atoms with van der Waals surface area (Å²) in [5.74, 6) is 1.38. The van der Waals surface area contributed by atoms with E-state index >= 15 is 0 Å². The second-order valence-corrected chi connectivity index (χ2v) is 9.31. The highest BCUT2D eigenvalue weighted by Crippen LogP contribution is 2.29. The third kappa shape index (κ3) is 5.24. The molecule has 1 aliphatic rings. The minimum Gasteiger partial charge on any atom is -0.496 e. The number of hydrogen-bond acceptors (Lipinski definition) is 8. The third-order valence-electron chi connectivity index (χ3n) is 6.89. The van der Waals surface area contributed by atoms with Gasteiger partial charge in [-0.05, 0) is 49.7 Å². The van der Waals surface area contributed by atoms with Crippen molar-refractivity contribution in [3.63, 3.8) is 0 Å². The molecule has 37 heavy (non-hydrogen) atoms. The predicted octanol–water partition coefficient (Wildman–Crippen LogP) is 3.40. The maximum Gasteiger partial charge on any atom is 0.251 e. The highest BCUT2D eigenvalue weighted by atomic mass is 16.5. The van der Waals surface area contributed by atoms with Gasteiger partial charge < -0.3 is 20.7 Å². The molecule has 0 bridgehead atoms. The first kappa shape index (κ1) is 24.6. The number of amides is 1. The van der Waals surface area contributed by atoms with E-state index < -0.39 is 0 Å². The number of nitrogens with one attached hydrogen (secondary N) is 3. The van der Waals surface area contributed by atoms with E-state index in [2.05, 4.69) is 48.7 Å². The number of aromatic nitrogens is 5. The van der Waals surface area contributed by atoms with E-state index in [-0.39, 0.29) is 11.8 Å². The van der Waals surface area contributed by atoms with E-state index in [0.29, 0.717) is 23.9 Å². The second-order valence-electron chi connectivity index (χ2n) is 9.31. The zero-order valence-electron chi connectivity index (χ0n) is 21.4. The quantitative estimate of drug-likeness (QED) is 0.337. The lowest BCUT2D eigenvalue weighted by Crippen LogP contribution is -2.29. The normalized spacial score (nSPS) is 14.9. The Morgan fingerprint density at radius 3 is 2.78 bits per heavy atom. The number of pyridine rings is 1. The Morgan fingerprint density at radius 1 is 1.16 bits per heavy atom. The van der Waals surface area contributed by atoms with Crippen LogP contribution in [0.15, 0.2) is 49.1 Å². The molecule has 10 heteroatoms. The summed E-state index contributed by atoms with van der Waals surface area (Å²) < 4.78 is 7.62. The number of carbonyl (C=O) groups is 1. The number of ether oxygens (including phenoxy) is 1. The van der Waals surface area contributed by atoms with Crippen molar-refractivity contribution in [1.29, 1.82) is 0 Å². The molecule has 1 aliphatic heterocycles. The van der Waals surface area contributed by atoms with Gasteiger partial charge in [0.25, 0.3) is 5.91 Å². The van der Waals surface area contributed by atoms with Crippen molar-refractivity contribution in [2.75, 3.05) is 39.1 Å². The van der Waals surface area contributed by atoms with Crippen molar-refractivity contribution in [3.05, 3.63) is 60.2 Å². The first-order chi connectivity index (χ1) is 18.1. The van der Waals surface area contributed by atoms with Gasteiger partial charge in [0, 0.05) is 48.3 Å². The summed E-state index contributed by atoms with van der Waals surface area (Å²) in [6, 6.07) is 9.91. The van der Waals surface area contributed by atoms with Crippen LogP contribution in [0, 0.1) is 0 Å². The molecule has 0 aliphatic carbocycles. The number of carbonyl (C=O) groups excluding carboxylic acids is 1. The van der Waals surface area contributed by atoms with Gasteiger partial charge in [0.15, 0.2) is 5.65 Å². The van der Waals surface area contributed by atoms with Crippen LogP contribution in [0.3, 0.4) is 0 Å². The molecule has 3 aromatic heterocycles. The van der Waals surface area contributed by atoms with E-state index in [1.54, 1.807) is 26.6 Å². The Morgan fingerprint density at radius 2 is 2.00 bits per heavy atom. The summed E-state index contributed by atoms with van der Waals surface area (Å²) in [6.07, 6.45) is 7.42. The van der Waals surface area contributed by atoms with Gasteiger partial charge in [-0.2, -0.15) is 5.10 Å². The van der Waals surface area contributed by atoms with Crippen LogP contribution in [0.1, 0.15) is 47.6 Å². The Bertz CT molecular complexity index is 1400. The minimum atomic E-state index is -0.143. The highest BCUT2D eigenvalue weighted by Gasteiger charge is 2.19. The largest absolute Gasteiger partial charge is 0.496 e. The summed E-state index contributed by atoms with van der Waals surface area (Å²) in [5.41, 5.74) is 4.20. The molecule has 0 radical (unpaired) electrons. The van der Waals surface area contributed by atoms with E-state index in [4.69, 9.17) is 9.72 Å². The van der Waals surface area contributed by atoms with Gasteiger partial charge in [-0.25, -0.2) is 19.6 Å². The van der Waals surface area contributed by atoms with Gasteiger partial charge in [-0.1, -0.05) is 13.0 Å². The molecule has 0 spiro atoms. The van der Waals surface area contributed by atoms with Gasteiger partial charge >= 0.3 is 0 Å². The van der Waals surface area contributed by atoms with Crippen molar-refractivity contribution in [3.8, 4) is 17.0 Å². The van der Waals surface area contributed by atoms with Crippen LogP contribution in [0.4, 0.5) is 5.82 Å². The summed E-state index contributed by atoms with van der Waals surface area (Å²) in [7, 11) is 3.23. The lowest BCUT2D eigenvalue weighted by Gasteiger charge is -2.23. The van der Waals surface area contributed by atoms with Crippen molar-refractivity contribution in [2.24, 2.45) is 0 Å². The van der Waals surface area contributed by atoms with Crippen molar-refractivity contribution in [2.45, 2.75) is 31.7 Å². The van der Waals surface area contributed by atoms with Crippen LogP contribution in [0.2, 0.25) is 0 Å². The number of piperidine rings is 1.